The Labute approximate surface area is 190 Å². The van der Waals surface area contributed by atoms with Crippen molar-refractivity contribution in [2.75, 3.05) is 7.11 Å². The minimum absolute atomic E-state index is 0.0832. The van der Waals surface area contributed by atoms with Gasteiger partial charge in [-0.1, -0.05) is 12.1 Å². The molecule has 8 nitrogen and oxygen atoms in total. The molecule has 4 rings (SSSR count). The maximum atomic E-state index is 13.7. The fourth-order valence-electron chi connectivity index (χ4n) is 3.13. The average Bonchev–Trinajstić information content (AvgIpc) is 3.48. The van der Waals surface area contributed by atoms with E-state index in [-0.39, 0.29) is 29.4 Å². The maximum absolute atomic E-state index is 13.7. The lowest BCUT2D eigenvalue weighted by atomic mass is 10.1. The van der Waals surface area contributed by atoms with Crippen LogP contribution in [-0.4, -0.2) is 43.9 Å². The van der Waals surface area contributed by atoms with E-state index in [9.17, 15) is 18.0 Å². The Bertz CT molecular complexity index is 1230. The Morgan fingerprint density at radius 1 is 1.21 bits per heavy atom. The first-order chi connectivity index (χ1) is 15.9. The van der Waals surface area contributed by atoms with Gasteiger partial charge in [-0.25, -0.2) is 9.97 Å². The topological polar surface area (TPSA) is 94.8 Å². The monoisotopic (exact) mass is 474 g/mol. The van der Waals surface area contributed by atoms with Crippen LogP contribution in [0.15, 0.2) is 60.5 Å². The highest BCUT2D eigenvalue weighted by Crippen LogP contribution is 2.33. The molecular weight excluding hydrogens is 457 g/mol. The Morgan fingerprint density at radius 3 is 2.73 bits per heavy atom. The summed E-state index contributed by atoms with van der Waals surface area (Å²) in [7, 11) is 1.40. The molecule has 33 heavy (non-hydrogen) atoms. The van der Waals surface area contributed by atoms with Crippen molar-refractivity contribution in [2.45, 2.75) is 18.8 Å². The van der Waals surface area contributed by atoms with Crippen LogP contribution in [0.5, 0.6) is 0 Å². The van der Waals surface area contributed by atoms with E-state index in [2.05, 4.69) is 20.1 Å². The van der Waals surface area contributed by atoms with Crippen molar-refractivity contribution < 1.29 is 22.7 Å². The first-order valence-corrected chi connectivity index (χ1v) is 10.5. The van der Waals surface area contributed by atoms with Crippen molar-refractivity contribution in [1.82, 2.24) is 30.0 Å². The van der Waals surface area contributed by atoms with Crippen molar-refractivity contribution in [2.24, 2.45) is 0 Å². The smallest absolute Gasteiger partial charge is 0.378 e. The summed E-state index contributed by atoms with van der Waals surface area (Å²) in [5.41, 5.74) is 0.588. The number of hydrogen-bond donors (Lipinski definition) is 1. The van der Waals surface area contributed by atoms with Gasteiger partial charge in [-0.05, 0) is 23.6 Å². The number of aromatic nitrogens is 5. The molecule has 0 aliphatic heterocycles. The van der Waals surface area contributed by atoms with E-state index in [1.165, 1.54) is 53.9 Å². The molecule has 4 heterocycles. The van der Waals surface area contributed by atoms with Crippen LogP contribution in [0.4, 0.5) is 13.2 Å². The molecule has 0 spiro atoms. The molecule has 0 fully saturated rings. The van der Waals surface area contributed by atoms with E-state index in [0.29, 0.717) is 5.69 Å². The molecule has 0 radical (unpaired) electrons. The molecule has 0 aliphatic rings. The van der Waals surface area contributed by atoms with Gasteiger partial charge in [0.15, 0.2) is 6.04 Å². The first-order valence-electron chi connectivity index (χ1n) is 9.59. The zero-order valence-corrected chi connectivity index (χ0v) is 18.0. The van der Waals surface area contributed by atoms with Crippen molar-refractivity contribution in [3.05, 3.63) is 77.3 Å². The maximum Gasteiger partial charge on any atom is 0.412 e. The number of nitrogens with zero attached hydrogens (tertiary/aromatic N) is 5. The number of thiophene rings is 1. The summed E-state index contributed by atoms with van der Waals surface area (Å²) in [4.78, 5) is 26.2. The van der Waals surface area contributed by atoms with Crippen LogP contribution < -0.4 is 5.32 Å². The standard InChI is InChI=1S/C21H17F3N6O2S/c1-32-12-16-14(19(31)29-18(21(22,23)24)13-4-2-7-25-10-13)11-27-30(16)20-26-8-6-15(28-20)17-5-3-9-33-17/h2-11,18H,12H2,1H3,(H,29,31). The van der Waals surface area contributed by atoms with E-state index >= 15 is 0 Å². The van der Waals surface area contributed by atoms with E-state index in [4.69, 9.17) is 4.74 Å². The van der Waals surface area contributed by atoms with E-state index < -0.39 is 18.1 Å². The molecule has 12 heteroatoms. The van der Waals surface area contributed by atoms with Gasteiger partial charge in [0.2, 0.25) is 0 Å². The highest BCUT2D eigenvalue weighted by atomic mass is 32.1. The van der Waals surface area contributed by atoms with Gasteiger partial charge in [0.05, 0.1) is 34.6 Å². The number of methoxy groups -OCH3 is 1. The van der Waals surface area contributed by atoms with Crippen LogP contribution in [0, 0.1) is 0 Å². The first kappa shape index (κ1) is 22.6. The quantitative estimate of drug-likeness (QED) is 0.436. The zero-order chi connectivity index (χ0) is 23.4. The predicted molar refractivity (Wildman–Crippen MR) is 114 cm³/mol. The highest BCUT2D eigenvalue weighted by molar-refractivity contribution is 7.13. The molecular formula is C21H17F3N6O2S. The van der Waals surface area contributed by atoms with E-state index in [0.717, 1.165) is 11.1 Å². The third-order valence-corrected chi connectivity index (χ3v) is 5.51. The van der Waals surface area contributed by atoms with Gasteiger partial charge < -0.3 is 10.1 Å². The molecule has 0 aliphatic carbocycles. The lowest BCUT2D eigenvalue weighted by Gasteiger charge is -2.21. The Kier molecular flexibility index (Phi) is 6.47. The molecule has 0 saturated heterocycles. The third kappa shape index (κ3) is 4.91. The second-order valence-electron chi connectivity index (χ2n) is 6.80. The molecule has 0 aromatic carbocycles. The Balaban J connectivity index is 1.68. The molecule has 1 unspecified atom stereocenters. The van der Waals surface area contributed by atoms with Crippen LogP contribution in [0.25, 0.3) is 16.5 Å². The minimum atomic E-state index is -4.73. The summed E-state index contributed by atoms with van der Waals surface area (Å²) < 4.78 is 47.5. The summed E-state index contributed by atoms with van der Waals surface area (Å²) in [5.74, 6) is -0.805. The molecule has 0 saturated carbocycles. The van der Waals surface area contributed by atoms with Crippen LogP contribution in [0.3, 0.4) is 0 Å². The van der Waals surface area contributed by atoms with Gasteiger partial charge >= 0.3 is 6.18 Å². The number of nitrogens with one attached hydrogen (secondary N) is 1. The number of carbonyl (C=O) groups is 1. The number of ether oxygens (including phenoxy) is 1. The summed E-state index contributed by atoms with van der Waals surface area (Å²) in [5, 5.41) is 8.09. The van der Waals surface area contributed by atoms with Crippen molar-refractivity contribution >= 4 is 17.2 Å². The molecule has 0 bridgehead atoms. The fourth-order valence-corrected chi connectivity index (χ4v) is 3.83. The van der Waals surface area contributed by atoms with Crippen LogP contribution in [-0.2, 0) is 11.3 Å². The minimum Gasteiger partial charge on any atom is -0.378 e. The average molecular weight is 474 g/mol. The highest BCUT2D eigenvalue weighted by Gasteiger charge is 2.42. The van der Waals surface area contributed by atoms with E-state index in [1.54, 1.807) is 6.07 Å². The normalized spacial score (nSPS) is 12.5. The van der Waals surface area contributed by atoms with Gasteiger partial charge in [0.1, 0.15) is 0 Å². The number of alkyl halides is 3. The van der Waals surface area contributed by atoms with E-state index in [1.807, 2.05) is 22.8 Å². The molecule has 170 valence electrons. The summed E-state index contributed by atoms with van der Waals surface area (Å²) >= 11 is 1.49. The number of rotatable bonds is 7. The summed E-state index contributed by atoms with van der Waals surface area (Å²) in [6, 6.07) is 5.88. The number of hydrogen-bond acceptors (Lipinski definition) is 7. The zero-order valence-electron chi connectivity index (χ0n) is 17.2. The number of amides is 1. The van der Waals surface area contributed by atoms with Gasteiger partial charge in [-0.15, -0.1) is 11.3 Å². The largest absolute Gasteiger partial charge is 0.412 e. The lowest BCUT2D eigenvalue weighted by molar-refractivity contribution is -0.155. The predicted octanol–water partition coefficient (Wildman–Crippen LogP) is 3.97. The molecule has 1 amide bonds. The number of carbonyl (C=O) groups excluding carboxylic acids is 1. The second kappa shape index (κ2) is 9.46. The second-order valence-corrected chi connectivity index (χ2v) is 7.75. The molecule has 4 aromatic heterocycles. The van der Waals surface area contributed by atoms with Gasteiger partial charge in [-0.3, -0.25) is 9.78 Å². The van der Waals surface area contributed by atoms with Crippen LogP contribution in [0.1, 0.15) is 27.7 Å². The van der Waals surface area contributed by atoms with Gasteiger partial charge in [-0.2, -0.15) is 23.0 Å². The number of halogens is 3. The molecule has 4 aromatic rings. The van der Waals surface area contributed by atoms with Crippen LogP contribution in [0.2, 0.25) is 0 Å². The van der Waals surface area contributed by atoms with Crippen molar-refractivity contribution in [3.63, 3.8) is 0 Å². The lowest BCUT2D eigenvalue weighted by Crippen LogP contribution is -2.38. The molecule has 1 atom stereocenters. The Morgan fingerprint density at radius 2 is 2.06 bits per heavy atom. The van der Waals surface area contributed by atoms with Gasteiger partial charge in [0, 0.05) is 31.3 Å². The summed E-state index contributed by atoms with van der Waals surface area (Å²) in [6.45, 7) is -0.0983. The fraction of sp³-hybridized carbons (Fsp3) is 0.190. The summed E-state index contributed by atoms with van der Waals surface area (Å²) in [6.07, 6.45) is 0.388. The molecule has 1 N–H and O–H groups in total. The van der Waals surface area contributed by atoms with Crippen LogP contribution >= 0.6 is 11.3 Å². The van der Waals surface area contributed by atoms with Gasteiger partial charge in [0.25, 0.3) is 11.9 Å². The Hall–Kier alpha value is -3.64. The SMILES string of the molecule is COCc1c(C(=O)NC(c2cccnc2)C(F)(F)F)cnn1-c1nccc(-c2cccs2)n1. The van der Waals surface area contributed by atoms with Crippen molar-refractivity contribution in [3.8, 4) is 16.5 Å². The number of pyridine rings is 1. The third-order valence-electron chi connectivity index (χ3n) is 4.62. The van der Waals surface area contributed by atoms with Crippen molar-refractivity contribution in [1.29, 1.82) is 0 Å².